The number of amides is 1. The molecule has 0 aliphatic carbocycles. The minimum Gasteiger partial charge on any atom is -0.373 e. The summed E-state index contributed by atoms with van der Waals surface area (Å²) in [6.45, 7) is 1.47. The van der Waals surface area contributed by atoms with Crippen molar-refractivity contribution < 1.29 is 9.18 Å². The fraction of sp³-hybridized carbons (Fsp3) is 0.333. The van der Waals surface area contributed by atoms with Crippen LogP contribution >= 0.6 is 0 Å². The number of likely N-dealkylation sites (tertiary alicyclic amines) is 1. The van der Waals surface area contributed by atoms with E-state index in [2.05, 4.69) is 22.0 Å². The van der Waals surface area contributed by atoms with Gasteiger partial charge in [-0.15, -0.1) is 0 Å². The zero-order chi connectivity index (χ0) is 16.2. The largest absolute Gasteiger partial charge is 0.373 e. The summed E-state index contributed by atoms with van der Waals surface area (Å²) < 4.78 is 13.3. The molecule has 1 atom stereocenters. The van der Waals surface area contributed by atoms with E-state index in [4.69, 9.17) is 0 Å². The van der Waals surface area contributed by atoms with Gasteiger partial charge < -0.3 is 9.80 Å². The average molecular weight is 313 g/mol. The van der Waals surface area contributed by atoms with Crippen molar-refractivity contribution in [2.75, 3.05) is 25.0 Å². The lowest BCUT2D eigenvalue weighted by Crippen LogP contribution is -2.42. The molecule has 5 heteroatoms. The Morgan fingerprint density at radius 2 is 2.13 bits per heavy atom. The zero-order valence-corrected chi connectivity index (χ0v) is 13.2. The van der Waals surface area contributed by atoms with E-state index in [9.17, 15) is 9.18 Å². The summed E-state index contributed by atoms with van der Waals surface area (Å²) in [5, 5.41) is 0. The SMILES string of the molecule is CN(CC1CCCN1C(=O)c1cncc(F)c1)c1ccccc1. The standard InChI is InChI=1S/C18H20FN3O/c1-21(16-6-3-2-4-7-16)13-17-8-5-9-22(17)18(23)14-10-15(19)12-20-11-14/h2-4,6-7,10-12,17H,5,8-9,13H2,1H3. The van der Waals surface area contributed by atoms with Crippen LogP contribution < -0.4 is 4.90 Å². The lowest BCUT2D eigenvalue weighted by molar-refractivity contribution is 0.0740. The number of hydrogen-bond acceptors (Lipinski definition) is 3. The fourth-order valence-electron chi connectivity index (χ4n) is 3.09. The van der Waals surface area contributed by atoms with Crippen LogP contribution in [0.4, 0.5) is 10.1 Å². The molecule has 0 bridgehead atoms. The second-order valence-corrected chi connectivity index (χ2v) is 5.90. The lowest BCUT2D eigenvalue weighted by Gasteiger charge is -2.30. The molecule has 1 aliphatic heterocycles. The molecular weight excluding hydrogens is 293 g/mol. The molecule has 1 unspecified atom stereocenters. The summed E-state index contributed by atoms with van der Waals surface area (Å²) in [6, 6.07) is 11.5. The van der Waals surface area contributed by atoms with Crippen LogP contribution in [0.3, 0.4) is 0 Å². The van der Waals surface area contributed by atoms with Crippen LogP contribution in [0, 0.1) is 5.82 Å². The van der Waals surface area contributed by atoms with Gasteiger partial charge in [-0.25, -0.2) is 4.39 Å². The molecule has 0 radical (unpaired) electrons. The van der Waals surface area contributed by atoms with E-state index in [-0.39, 0.29) is 11.9 Å². The molecular formula is C18H20FN3O. The normalized spacial score (nSPS) is 17.3. The second kappa shape index (κ2) is 6.77. The van der Waals surface area contributed by atoms with Crippen LogP contribution in [0.2, 0.25) is 0 Å². The molecule has 0 spiro atoms. The van der Waals surface area contributed by atoms with Crippen LogP contribution in [0.5, 0.6) is 0 Å². The predicted octanol–water partition coefficient (Wildman–Crippen LogP) is 2.96. The maximum atomic E-state index is 13.3. The molecule has 1 saturated heterocycles. The molecule has 0 saturated carbocycles. The fourth-order valence-corrected chi connectivity index (χ4v) is 3.09. The topological polar surface area (TPSA) is 36.4 Å². The van der Waals surface area contributed by atoms with Gasteiger partial charge in [-0.3, -0.25) is 9.78 Å². The number of carbonyl (C=O) groups excluding carboxylic acids is 1. The smallest absolute Gasteiger partial charge is 0.255 e. The number of rotatable bonds is 4. The van der Waals surface area contributed by atoms with Gasteiger partial charge in [0, 0.05) is 38.1 Å². The van der Waals surface area contributed by atoms with E-state index in [1.54, 1.807) is 0 Å². The number of anilines is 1. The van der Waals surface area contributed by atoms with Gasteiger partial charge in [-0.1, -0.05) is 18.2 Å². The van der Waals surface area contributed by atoms with E-state index < -0.39 is 5.82 Å². The first-order chi connectivity index (χ1) is 11.1. The van der Waals surface area contributed by atoms with Crippen LogP contribution in [0.1, 0.15) is 23.2 Å². The van der Waals surface area contributed by atoms with E-state index in [1.807, 2.05) is 30.1 Å². The monoisotopic (exact) mass is 313 g/mol. The van der Waals surface area contributed by atoms with Crippen molar-refractivity contribution in [2.24, 2.45) is 0 Å². The van der Waals surface area contributed by atoms with Crippen LogP contribution in [-0.2, 0) is 0 Å². The van der Waals surface area contributed by atoms with Gasteiger partial charge in [0.25, 0.3) is 5.91 Å². The van der Waals surface area contributed by atoms with Gasteiger partial charge in [-0.05, 0) is 31.0 Å². The zero-order valence-electron chi connectivity index (χ0n) is 13.2. The Bertz CT molecular complexity index is 677. The molecule has 1 aromatic heterocycles. The molecule has 1 amide bonds. The lowest BCUT2D eigenvalue weighted by atomic mass is 10.1. The Morgan fingerprint density at radius 1 is 1.35 bits per heavy atom. The first-order valence-corrected chi connectivity index (χ1v) is 7.83. The minimum absolute atomic E-state index is 0.135. The molecule has 23 heavy (non-hydrogen) atoms. The number of likely N-dealkylation sites (N-methyl/N-ethyl adjacent to an activating group) is 1. The Hall–Kier alpha value is -2.43. The second-order valence-electron chi connectivity index (χ2n) is 5.90. The molecule has 1 fully saturated rings. The molecule has 1 aliphatic rings. The first-order valence-electron chi connectivity index (χ1n) is 7.83. The summed E-state index contributed by atoms with van der Waals surface area (Å²) in [5.74, 6) is -0.617. The highest BCUT2D eigenvalue weighted by molar-refractivity contribution is 5.94. The third-order valence-corrected chi connectivity index (χ3v) is 4.27. The quantitative estimate of drug-likeness (QED) is 0.871. The maximum Gasteiger partial charge on any atom is 0.255 e. The van der Waals surface area contributed by atoms with Gasteiger partial charge >= 0.3 is 0 Å². The number of carbonyl (C=O) groups is 1. The van der Waals surface area contributed by atoms with Crippen molar-refractivity contribution in [3.63, 3.8) is 0 Å². The number of hydrogen-bond donors (Lipinski definition) is 0. The van der Waals surface area contributed by atoms with Gasteiger partial charge in [0.2, 0.25) is 0 Å². The summed E-state index contributed by atoms with van der Waals surface area (Å²) in [7, 11) is 2.03. The number of nitrogens with zero attached hydrogens (tertiary/aromatic N) is 3. The molecule has 0 N–H and O–H groups in total. The van der Waals surface area contributed by atoms with E-state index in [0.29, 0.717) is 12.1 Å². The van der Waals surface area contributed by atoms with Gasteiger partial charge in [0.15, 0.2) is 0 Å². The molecule has 4 nitrogen and oxygen atoms in total. The van der Waals surface area contributed by atoms with Crippen molar-refractivity contribution in [1.29, 1.82) is 0 Å². The highest BCUT2D eigenvalue weighted by Crippen LogP contribution is 2.22. The Labute approximate surface area is 135 Å². The average Bonchev–Trinajstić information content (AvgIpc) is 3.03. The predicted molar refractivity (Wildman–Crippen MR) is 88.0 cm³/mol. The Balaban J connectivity index is 1.71. The van der Waals surface area contributed by atoms with Crippen LogP contribution in [-0.4, -0.2) is 42.0 Å². The summed E-state index contributed by atoms with van der Waals surface area (Å²) >= 11 is 0. The van der Waals surface area contributed by atoms with Gasteiger partial charge in [0.05, 0.1) is 11.8 Å². The van der Waals surface area contributed by atoms with Crippen molar-refractivity contribution in [3.8, 4) is 0 Å². The Kier molecular flexibility index (Phi) is 4.55. The van der Waals surface area contributed by atoms with Crippen LogP contribution in [0.15, 0.2) is 48.8 Å². The highest BCUT2D eigenvalue weighted by Gasteiger charge is 2.30. The summed E-state index contributed by atoms with van der Waals surface area (Å²) in [4.78, 5) is 20.4. The summed E-state index contributed by atoms with van der Waals surface area (Å²) in [5.41, 5.74) is 1.44. The van der Waals surface area contributed by atoms with Gasteiger partial charge in [-0.2, -0.15) is 0 Å². The van der Waals surface area contributed by atoms with Crippen LogP contribution in [0.25, 0.3) is 0 Å². The van der Waals surface area contributed by atoms with Gasteiger partial charge in [0.1, 0.15) is 5.82 Å². The van der Waals surface area contributed by atoms with Crippen molar-refractivity contribution >= 4 is 11.6 Å². The third kappa shape index (κ3) is 3.50. The molecule has 3 rings (SSSR count). The number of aromatic nitrogens is 1. The number of benzene rings is 1. The molecule has 120 valence electrons. The summed E-state index contributed by atoms with van der Waals surface area (Å²) in [6.07, 6.45) is 4.48. The number of halogens is 1. The molecule has 2 aromatic rings. The number of para-hydroxylation sites is 1. The highest BCUT2D eigenvalue weighted by atomic mass is 19.1. The molecule has 1 aromatic carbocycles. The maximum absolute atomic E-state index is 13.3. The van der Waals surface area contributed by atoms with E-state index in [1.165, 1.54) is 12.3 Å². The number of pyridine rings is 1. The minimum atomic E-state index is -0.479. The first kappa shape index (κ1) is 15.5. The van der Waals surface area contributed by atoms with Crippen molar-refractivity contribution in [2.45, 2.75) is 18.9 Å². The Morgan fingerprint density at radius 3 is 2.87 bits per heavy atom. The van der Waals surface area contributed by atoms with E-state index >= 15 is 0 Å². The van der Waals surface area contributed by atoms with E-state index in [0.717, 1.165) is 31.3 Å². The molecule has 2 heterocycles. The van der Waals surface area contributed by atoms with Crippen molar-refractivity contribution in [1.82, 2.24) is 9.88 Å². The van der Waals surface area contributed by atoms with Crippen molar-refractivity contribution in [3.05, 3.63) is 60.2 Å². The third-order valence-electron chi connectivity index (χ3n) is 4.27.